The van der Waals surface area contributed by atoms with E-state index < -0.39 is 41.5 Å². The highest BCUT2D eigenvalue weighted by atomic mass is 35.5. The van der Waals surface area contributed by atoms with Gasteiger partial charge in [0.1, 0.15) is 17.7 Å². The molecule has 0 fully saturated rings. The third-order valence-electron chi connectivity index (χ3n) is 3.50. The summed E-state index contributed by atoms with van der Waals surface area (Å²) in [5, 5.41) is 12.0. The fourth-order valence-corrected chi connectivity index (χ4v) is 2.79. The van der Waals surface area contributed by atoms with E-state index in [1.807, 2.05) is 0 Å². The molecule has 132 valence electrons. The van der Waals surface area contributed by atoms with Crippen LogP contribution in [0.25, 0.3) is 0 Å². The molecule has 0 saturated heterocycles. The number of carbonyl (C=O) groups excluding carboxylic acids is 1. The van der Waals surface area contributed by atoms with Crippen molar-refractivity contribution in [3.8, 4) is 0 Å². The maximum atomic E-state index is 13.6. The van der Waals surface area contributed by atoms with Gasteiger partial charge in [0.25, 0.3) is 0 Å². The fraction of sp³-hybridized carbons (Fsp3) is 0.176. The standard InChI is InChI=1S/C17H13Cl2F2NO3/c18-11-3-1-4-12(19)9(11)7-15(17(24)25)22-16(23)8-10-13(20)5-2-6-14(10)21/h1-6,15H,7-8H2,(H,22,23)(H,24,25)/t15-/m1/s1. The van der Waals surface area contributed by atoms with Crippen molar-refractivity contribution in [1.82, 2.24) is 5.32 Å². The minimum Gasteiger partial charge on any atom is -0.480 e. The largest absolute Gasteiger partial charge is 0.480 e. The van der Waals surface area contributed by atoms with Crippen molar-refractivity contribution in [2.24, 2.45) is 0 Å². The molecule has 1 amide bonds. The smallest absolute Gasteiger partial charge is 0.326 e. The summed E-state index contributed by atoms with van der Waals surface area (Å²) in [5.41, 5.74) is -0.0736. The fourth-order valence-electron chi connectivity index (χ4n) is 2.24. The van der Waals surface area contributed by atoms with Crippen molar-refractivity contribution >= 4 is 35.1 Å². The second-order valence-corrected chi connectivity index (χ2v) is 6.05. The third kappa shape index (κ3) is 4.90. The number of halogens is 4. The summed E-state index contributed by atoms with van der Waals surface area (Å²) in [6.07, 6.45) is -0.794. The minimum atomic E-state index is -1.35. The molecule has 8 heteroatoms. The van der Waals surface area contributed by atoms with Gasteiger partial charge in [0.2, 0.25) is 5.91 Å². The molecule has 1 atom stereocenters. The van der Waals surface area contributed by atoms with E-state index in [0.717, 1.165) is 12.1 Å². The Labute approximate surface area is 152 Å². The van der Waals surface area contributed by atoms with Crippen molar-refractivity contribution in [2.75, 3.05) is 0 Å². The van der Waals surface area contributed by atoms with Crippen LogP contribution in [0.5, 0.6) is 0 Å². The SMILES string of the molecule is O=C(Cc1c(F)cccc1F)N[C@H](Cc1c(Cl)cccc1Cl)C(=O)O. The molecule has 25 heavy (non-hydrogen) atoms. The molecule has 0 aromatic heterocycles. The van der Waals surface area contributed by atoms with Crippen LogP contribution in [0.1, 0.15) is 11.1 Å². The van der Waals surface area contributed by atoms with Gasteiger partial charge in [-0.1, -0.05) is 35.3 Å². The molecular formula is C17H13Cl2F2NO3. The van der Waals surface area contributed by atoms with Gasteiger partial charge >= 0.3 is 5.97 Å². The van der Waals surface area contributed by atoms with Crippen LogP contribution in [0.2, 0.25) is 10.0 Å². The Morgan fingerprint density at radius 3 is 2.04 bits per heavy atom. The number of carbonyl (C=O) groups is 2. The van der Waals surface area contributed by atoms with Crippen LogP contribution >= 0.6 is 23.2 Å². The number of hydrogen-bond acceptors (Lipinski definition) is 2. The monoisotopic (exact) mass is 387 g/mol. The molecule has 0 aliphatic rings. The third-order valence-corrected chi connectivity index (χ3v) is 4.21. The molecule has 0 radical (unpaired) electrons. The Morgan fingerprint density at radius 1 is 1.00 bits per heavy atom. The van der Waals surface area contributed by atoms with Crippen LogP contribution in [0.4, 0.5) is 8.78 Å². The lowest BCUT2D eigenvalue weighted by molar-refractivity contribution is -0.141. The molecule has 0 saturated carbocycles. The average Bonchev–Trinajstić information content (AvgIpc) is 2.53. The molecule has 2 aromatic rings. The summed E-state index contributed by atoms with van der Waals surface area (Å²) in [5.74, 6) is -3.91. The first-order valence-corrected chi connectivity index (χ1v) is 7.93. The van der Waals surface area contributed by atoms with E-state index in [-0.39, 0.29) is 16.5 Å². The van der Waals surface area contributed by atoms with Crippen LogP contribution in [0.15, 0.2) is 36.4 Å². The highest BCUT2D eigenvalue weighted by Gasteiger charge is 2.24. The lowest BCUT2D eigenvalue weighted by Crippen LogP contribution is -2.43. The molecule has 4 nitrogen and oxygen atoms in total. The number of nitrogens with one attached hydrogen (secondary N) is 1. The van der Waals surface area contributed by atoms with Crippen molar-refractivity contribution in [2.45, 2.75) is 18.9 Å². The highest BCUT2D eigenvalue weighted by Crippen LogP contribution is 2.25. The predicted octanol–water partition coefficient (Wildman–Crippen LogP) is 3.63. The lowest BCUT2D eigenvalue weighted by atomic mass is 10.0. The molecule has 0 bridgehead atoms. The number of carboxylic acids is 1. The summed E-state index contributed by atoms with van der Waals surface area (Å²) in [4.78, 5) is 23.4. The van der Waals surface area contributed by atoms with Gasteiger partial charge in [0, 0.05) is 22.0 Å². The first-order chi connectivity index (χ1) is 11.8. The summed E-state index contributed by atoms with van der Waals surface area (Å²) in [6.45, 7) is 0. The van der Waals surface area contributed by atoms with E-state index in [1.54, 1.807) is 6.07 Å². The van der Waals surface area contributed by atoms with E-state index in [2.05, 4.69) is 5.32 Å². The van der Waals surface area contributed by atoms with Crippen molar-refractivity contribution in [3.05, 3.63) is 69.2 Å². The van der Waals surface area contributed by atoms with Gasteiger partial charge < -0.3 is 10.4 Å². The number of aliphatic carboxylic acids is 1. The van der Waals surface area contributed by atoms with Crippen molar-refractivity contribution < 1.29 is 23.5 Å². The van der Waals surface area contributed by atoms with Gasteiger partial charge in [0.15, 0.2) is 0 Å². The number of carboxylic acid groups (broad SMARTS) is 1. The number of rotatable bonds is 6. The Morgan fingerprint density at radius 2 is 1.52 bits per heavy atom. The Balaban J connectivity index is 2.14. The van der Waals surface area contributed by atoms with Gasteiger partial charge in [-0.25, -0.2) is 13.6 Å². The zero-order valence-electron chi connectivity index (χ0n) is 12.7. The zero-order chi connectivity index (χ0) is 18.6. The number of amides is 1. The quantitative estimate of drug-likeness (QED) is 0.795. The Kier molecular flexibility index (Phi) is 6.33. The lowest BCUT2D eigenvalue weighted by Gasteiger charge is -2.16. The van der Waals surface area contributed by atoms with E-state index in [9.17, 15) is 23.5 Å². The summed E-state index contributed by atoms with van der Waals surface area (Å²) < 4.78 is 27.2. The van der Waals surface area contributed by atoms with Gasteiger partial charge in [-0.05, 0) is 29.8 Å². The second kappa shape index (κ2) is 8.27. The zero-order valence-corrected chi connectivity index (χ0v) is 14.2. The van der Waals surface area contributed by atoms with Gasteiger partial charge in [-0.2, -0.15) is 0 Å². The predicted molar refractivity (Wildman–Crippen MR) is 89.8 cm³/mol. The molecule has 0 heterocycles. The van der Waals surface area contributed by atoms with Crippen LogP contribution < -0.4 is 5.32 Å². The van der Waals surface area contributed by atoms with Crippen LogP contribution in [0, 0.1) is 11.6 Å². The summed E-state index contributed by atoms with van der Waals surface area (Å²) >= 11 is 12.0. The first-order valence-electron chi connectivity index (χ1n) is 7.17. The van der Waals surface area contributed by atoms with Gasteiger partial charge in [-0.3, -0.25) is 4.79 Å². The molecule has 2 rings (SSSR count). The topological polar surface area (TPSA) is 66.4 Å². The molecule has 2 N–H and O–H groups in total. The Bertz CT molecular complexity index is 774. The number of benzene rings is 2. The van der Waals surface area contributed by atoms with Crippen LogP contribution in [-0.4, -0.2) is 23.0 Å². The molecule has 2 aromatic carbocycles. The molecule has 0 aliphatic heterocycles. The molecule has 0 spiro atoms. The first kappa shape index (κ1) is 19.1. The Hall–Kier alpha value is -2.18. The summed E-state index contributed by atoms with van der Waals surface area (Å²) in [7, 11) is 0. The normalized spacial score (nSPS) is 11.8. The molecule has 0 unspecified atom stereocenters. The maximum absolute atomic E-state index is 13.6. The van der Waals surface area contributed by atoms with Gasteiger partial charge in [0.05, 0.1) is 6.42 Å². The van der Waals surface area contributed by atoms with Crippen LogP contribution in [0.3, 0.4) is 0 Å². The molecular weight excluding hydrogens is 375 g/mol. The van der Waals surface area contributed by atoms with E-state index >= 15 is 0 Å². The van der Waals surface area contributed by atoms with Gasteiger partial charge in [-0.15, -0.1) is 0 Å². The number of hydrogen-bond donors (Lipinski definition) is 2. The van der Waals surface area contributed by atoms with E-state index in [1.165, 1.54) is 18.2 Å². The van der Waals surface area contributed by atoms with Crippen LogP contribution in [-0.2, 0) is 22.4 Å². The summed E-state index contributed by atoms with van der Waals surface area (Å²) in [6, 6.07) is 6.54. The van der Waals surface area contributed by atoms with Crippen molar-refractivity contribution in [3.63, 3.8) is 0 Å². The van der Waals surface area contributed by atoms with Crippen molar-refractivity contribution in [1.29, 1.82) is 0 Å². The second-order valence-electron chi connectivity index (χ2n) is 5.24. The molecule has 0 aliphatic carbocycles. The maximum Gasteiger partial charge on any atom is 0.326 e. The van der Waals surface area contributed by atoms with E-state index in [0.29, 0.717) is 5.56 Å². The average molecular weight is 388 g/mol. The van der Waals surface area contributed by atoms with E-state index in [4.69, 9.17) is 23.2 Å². The minimum absolute atomic E-state index is 0.167. The highest BCUT2D eigenvalue weighted by molar-refractivity contribution is 6.36.